The maximum Gasteiger partial charge on any atom is 0.455 e. The van der Waals surface area contributed by atoms with E-state index in [2.05, 4.69) is 6.92 Å². The van der Waals surface area contributed by atoms with E-state index in [9.17, 15) is 24.1 Å². The van der Waals surface area contributed by atoms with Crippen LogP contribution in [0.5, 0.6) is 5.75 Å². The molecule has 2 amide bonds. The van der Waals surface area contributed by atoms with E-state index in [1.165, 1.54) is 33.9 Å². The molecule has 9 heteroatoms. The summed E-state index contributed by atoms with van der Waals surface area (Å²) in [4.78, 5) is 29.5. The van der Waals surface area contributed by atoms with Gasteiger partial charge in [0.1, 0.15) is 0 Å². The summed E-state index contributed by atoms with van der Waals surface area (Å²) in [6.07, 6.45) is 5.42. The van der Waals surface area contributed by atoms with Gasteiger partial charge in [0.15, 0.2) is 11.6 Å². The van der Waals surface area contributed by atoms with Crippen LogP contribution in [0.3, 0.4) is 0 Å². The zero-order chi connectivity index (χ0) is 27.0. The Bertz CT molecular complexity index is 1280. The monoisotopic (exact) mass is 537 g/mol. The summed E-state index contributed by atoms with van der Waals surface area (Å²) < 4.78 is 19.8. The lowest BCUT2D eigenvalue weighted by molar-refractivity contribution is -0.140. The number of carbonyl (C=O) groups excluding carboxylic acids is 2. The van der Waals surface area contributed by atoms with Crippen LogP contribution in [0.4, 0.5) is 4.39 Å². The first-order valence-electron chi connectivity index (χ1n) is 13.4. The molecule has 2 N–H and O–H groups in total. The summed E-state index contributed by atoms with van der Waals surface area (Å²) in [7, 11) is -1.000. The third-order valence-electron chi connectivity index (χ3n) is 8.03. The van der Waals surface area contributed by atoms with Crippen molar-refractivity contribution in [3.63, 3.8) is 0 Å². The minimum absolute atomic E-state index is 0.0986. The summed E-state index contributed by atoms with van der Waals surface area (Å²) in [5, 5.41) is 22.1. The first-order chi connectivity index (χ1) is 18.3. The first-order valence-corrected chi connectivity index (χ1v) is 14.2. The Balaban J connectivity index is 1.39. The molecule has 0 radical (unpaired) electrons. The van der Waals surface area contributed by atoms with Crippen molar-refractivity contribution in [2.45, 2.75) is 64.9 Å². The number of benzene rings is 1. The maximum atomic E-state index is 13.8. The Labute approximate surface area is 227 Å². The van der Waals surface area contributed by atoms with E-state index in [1.807, 2.05) is 30.5 Å². The molecule has 1 aromatic carbocycles. The fourth-order valence-corrected chi connectivity index (χ4v) is 7.10. The summed E-state index contributed by atoms with van der Waals surface area (Å²) >= 11 is 1.54. The van der Waals surface area contributed by atoms with E-state index >= 15 is 0 Å². The van der Waals surface area contributed by atoms with Crippen molar-refractivity contribution >= 4 is 36.3 Å². The standard InChI is InChI=1S/C29H33BFNO5S/c1-3-5-19-14-21-27(29(35)32(28(21)34)16-20-6-4-11-38-20)22-15-30(36)37-25(26(19)22)10-7-17(2)12-18-8-9-24(33)23(31)13-18/h4,6,8-9,11-13,21-22,25,27,33,36H,3,5,7,10,14-16H2,1-2H3/b17-12+/t21-,22+,25-,27-/m1/s1. The Kier molecular flexibility index (Phi) is 7.89. The number of imide groups is 1. The quantitative estimate of drug-likeness (QED) is 0.261. The number of rotatable bonds is 8. The number of allylic oxidation sites excluding steroid dienone is 2. The van der Waals surface area contributed by atoms with Crippen molar-refractivity contribution in [3.8, 4) is 5.75 Å². The van der Waals surface area contributed by atoms with Crippen LogP contribution in [0, 0.1) is 23.6 Å². The van der Waals surface area contributed by atoms with E-state index in [-0.39, 0.29) is 35.5 Å². The Morgan fingerprint density at radius 2 is 2.08 bits per heavy atom. The normalized spacial score (nSPS) is 25.7. The molecule has 4 atom stereocenters. The second-order valence-electron chi connectivity index (χ2n) is 10.6. The first kappa shape index (κ1) is 26.8. The number of phenols is 1. The SMILES string of the molecule is CCCC1=C2[C@@H](CC/C(C)=C/c3ccc(O)c(F)c3)OB(O)C[C@@H]2[C@@H]2C(=O)N(Cc3cccs3)C(=O)[C@@H]2C1. The van der Waals surface area contributed by atoms with E-state index in [0.29, 0.717) is 37.7 Å². The van der Waals surface area contributed by atoms with E-state index in [1.54, 1.807) is 6.07 Å². The number of fused-ring (bicyclic) bond motifs is 3. The lowest BCUT2D eigenvalue weighted by Crippen LogP contribution is -2.46. The van der Waals surface area contributed by atoms with Crippen LogP contribution in [0.15, 0.2) is 52.4 Å². The minimum atomic E-state index is -1.000. The van der Waals surface area contributed by atoms with E-state index in [0.717, 1.165) is 28.9 Å². The molecule has 200 valence electrons. The number of nitrogens with zero attached hydrogens (tertiary/aromatic N) is 1. The molecule has 2 fully saturated rings. The average molecular weight is 537 g/mol. The van der Waals surface area contributed by atoms with E-state index in [4.69, 9.17) is 4.65 Å². The Hall–Kier alpha value is -2.75. The highest BCUT2D eigenvalue weighted by Crippen LogP contribution is 2.51. The predicted molar refractivity (Wildman–Crippen MR) is 145 cm³/mol. The van der Waals surface area contributed by atoms with Gasteiger partial charge in [-0.1, -0.05) is 42.7 Å². The van der Waals surface area contributed by atoms with Crippen LogP contribution in [0.1, 0.15) is 56.4 Å². The number of carbonyl (C=O) groups is 2. The highest BCUT2D eigenvalue weighted by Gasteiger charge is 2.57. The molecule has 38 heavy (non-hydrogen) atoms. The fraction of sp³-hybridized carbons (Fsp3) is 0.448. The van der Waals surface area contributed by atoms with Crippen LogP contribution in [-0.2, 0) is 20.8 Å². The highest BCUT2D eigenvalue weighted by molar-refractivity contribution is 7.09. The number of amides is 2. The maximum absolute atomic E-state index is 13.8. The largest absolute Gasteiger partial charge is 0.505 e. The van der Waals surface area contributed by atoms with Gasteiger partial charge >= 0.3 is 7.12 Å². The second kappa shape index (κ2) is 11.2. The second-order valence-corrected chi connectivity index (χ2v) is 11.7. The summed E-state index contributed by atoms with van der Waals surface area (Å²) in [6.45, 7) is 4.37. The number of halogens is 1. The van der Waals surface area contributed by atoms with Crippen molar-refractivity contribution in [2.24, 2.45) is 17.8 Å². The average Bonchev–Trinajstić information content (AvgIpc) is 3.48. The van der Waals surface area contributed by atoms with Gasteiger partial charge in [-0.3, -0.25) is 14.5 Å². The minimum Gasteiger partial charge on any atom is -0.505 e. The molecule has 2 saturated heterocycles. The molecular formula is C29H33BFNO5S. The zero-order valence-corrected chi connectivity index (χ0v) is 22.5. The molecule has 5 rings (SSSR count). The molecule has 0 bridgehead atoms. The summed E-state index contributed by atoms with van der Waals surface area (Å²) in [5.74, 6) is -2.34. The predicted octanol–water partition coefficient (Wildman–Crippen LogP) is 5.57. The number of likely N-dealkylation sites (tertiary alicyclic amines) is 1. The van der Waals surface area contributed by atoms with Crippen molar-refractivity contribution in [1.82, 2.24) is 4.90 Å². The lowest BCUT2D eigenvalue weighted by atomic mass is 9.58. The molecule has 2 aromatic rings. The summed E-state index contributed by atoms with van der Waals surface area (Å²) in [6, 6.07) is 8.15. The molecular weight excluding hydrogens is 504 g/mol. The van der Waals surface area contributed by atoms with Crippen LogP contribution in [0.25, 0.3) is 6.08 Å². The van der Waals surface area contributed by atoms with Gasteiger partial charge in [-0.15, -0.1) is 11.3 Å². The van der Waals surface area contributed by atoms with Gasteiger partial charge < -0.3 is 14.8 Å². The van der Waals surface area contributed by atoms with Gasteiger partial charge in [0.25, 0.3) is 0 Å². The number of phenolic OH excluding ortho intramolecular Hbond substituents is 1. The zero-order valence-electron chi connectivity index (χ0n) is 21.7. The Morgan fingerprint density at radius 1 is 1.26 bits per heavy atom. The molecule has 2 aliphatic heterocycles. The van der Waals surface area contributed by atoms with Gasteiger partial charge in [-0.05, 0) is 79.6 Å². The smallest absolute Gasteiger partial charge is 0.455 e. The van der Waals surface area contributed by atoms with Crippen molar-refractivity contribution < 1.29 is 28.8 Å². The molecule has 3 aliphatic rings. The van der Waals surface area contributed by atoms with Gasteiger partial charge in [0.2, 0.25) is 11.8 Å². The topological polar surface area (TPSA) is 87.1 Å². The molecule has 3 heterocycles. The number of hydrogen-bond acceptors (Lipinski definition) is 6. The number of aromatic hydroxyl groups is 1. The van der Waals surface area contributed by atoms with Crippen molar-refractivity contribution in [3.05, 3.63) is 68.7 Å². The molecule has 1 aromatic heterocycles. The van der Waals surface area contributed by atoms with Crippen molar-refractivity contribution in [1.29, 1.82) is 0 Å². The third-order valence-corrected chi connectivity index (χ3v) is 8.89. The third kappa shape index (κ3) is 5.24. The molecule has 0 unspecified atom stereocenters. The van der Waals surface area contributed by atoms with Crippen molar-refractivity contribution in [2.75, 3.05) is 0 Å². The molecule has 0 spiro atoms. The summed E-state index contributed by atoms with van der Waals surface area (Å²) in [5.41, 5.74) is 3.96. The van der Waals surface area contributed by atoms with Gasteiger partial charge in [-0.2, -0.15) is 0 Å². The van der Waals surface area contributed by atoms with Gasteiger partial charge in [-0.25, -0.2) is 4.39 Å². The Morgan fingerprint density at radius 3 is 2.79 bits per heavy atom. The molecule has 1 aliphatic carbocycles. The van der Waals surface area contributed by atoms with E-state index < -0.39 is 18.9 Å². The van der Waals surface area contributed by atoms with Gasteiger partial charge in [0, 0.05) is 4.88 Å². The number of thiophene rings is 1. The lowest BCUT2D eigenvalue weighted by Gasteiger charge is -2.43. The fourth-order valence-electron chi connectivity index (χ4n) is 6.41. The van der Waals surface area contributed by atoms with Gasteiger partial charge in [0.05, 0.1) is 24.5 Å². The van der Waals surface area contributed by atoms with Crippen LogP contribution in [-0.4, -0.2) is 40.1 Å². The molecule has 0 saturated carbocycles. The van der Waals surface area contributed by atoms with Crippen LogP contribution in [0.2, 0.25) is 6.32 Å². The van der Waals surface area contributed by atoms with Crippen LogP contribution < -0.4 is 0 Å². The molecule has 6 nitrogen and oxygen atoms in total. The highest BCUT2D eigenvalue weighted by atomic mass is 32.1. The van der Waals surface area contributed by atoms with Crippen LogP contribution >= 0.6 is 11.3 Å². The number of hydrogen-bond donors (Lipinski definition) is 2.